The highest BCUT2D eigenvalue weighted by Gasteiger charge is 2.13. The lowest BCUT2D eigenvalue weighted by molar-refractivity contribution is 0.432. The van der Waals surface area contributed by atoms with Gasteiger partial charge in [0.05, 0.1) is 37.8 Å². The van der Waals surface area contributed by atoms with Gasteiger partial charge in [0, 0.05) is 11.1 Å². The highest BCUT2D eigenvalue weighted by atomic mass is 16.5. The second-order valence-electron chi connectivity index (χ2n) is 9.89. The largest absolute Gasteiger partial charge is 0.464 e. The lowest BCUT2D eigenvalue weighted by atomic mass is 10.00. The number of hydrogen-bond acceptors (Lipinski definition) is 4. The Bertz CT molecular complexity index is 2070. The number of rotatable bonds is 4. The predicted molar refractivity (Wildman–Crippen MR) is 172 cm³/mol. The SMILES string of the molecule is [C-]#[N+]C(C#N)=C1C=COC(c2ccc3cc(C=Cc4ccc5cc(C6=CC(=C(C#N)[N+]#[C-])C=CO6)ccc5c4)ccc3c2)=C1. The van der Waals surface area contributed by atoms with Crippen molar-refractivity contribution in [2.75, 3.05) is 0 Å². The van der Waals surface area contributed by atoms with Crippen molar-refractivity contribution < 1.29 is 9.47 Å². The number of fused-ring (bicyclic) bond motifs is 2. The van der Waals surface area contributed by atoms with Crippen LogP contribution in [0.3, 0.4) is 0 Å². The van der Waals surface area contributed by atoms with E-state index in [2.05, 4.69) is 58.2 Å². The Balaban J connectivity index is 1.22. The smallest absolute Gasteiger partial charge is 0.269 e. The van der Waals surface area contributed by atoms with E-state index in [9.17, 15) is 10.5 Å². The maximum atomic E-state index is 9.20. The zero-order valence-electron chi connectivity index (χ0n) is 23.2. The van der Waals surface area contributed by atoms with Crippen LogP contribution in [0.2, 0.25) is 0 Å². The van der Waals surface area contributed by atoms with Gasteiger partial charge in [0.15, 0.2) is 0 Å². The van der Waals surface area contributed by atoms with Gasteiger partial charge < -0.3 is 9.47 Å². The summed E-state index contributed by atoms with van der Waals surface area (Å²) in [4.78, 5) is 6.58. The van der Waals surface area contributed by atoms with Crippen LogP contribution in [0.25, 0.3) is 54.9 Å². The van der Waals surface area contributed by atoms with E-state index in [0.29, 0.717) is 22.7 Å². The second-order valence-corrected chi connectivity index (χ2v) is 9.89. The molecule has 6 heteroatoms. The molecule has 4 aromatic rings. The lowest BCUT2D eigenvalue weighted by Gasteiger charge is -2.13. The number of benzene rings is 4. The monoisotopic (exact) mass is 564 g/mol. The molecule has 0 unspecified atom stereocenters. The molecule has 6 rings (SSSR count). The quantitative estimate of drug-likeness (QED) is 0.141. The van der Waals surface area contributed by atoms with Gasteiger partial charge in [-0.3, -0.25) is 0 Å². The van der Waals surface area contributed by atoms with E-state index in [1.54, 1.807) is 24.3 Å². The van der Waals surface area contributed by atoms with Gasteiger partial charge in [-0.05, 0) is 92.4 Å². The molecule has 2 aliphatic heterocycles. The van der Waals surface area contributed by atoms with Crippen LogP contribution < -0.4 is 0 Å². The van der Waals surface area contributed by atoms with Crippen molar-refractivity contribution >= 4 is 45.2 Å². The van der Waals surface area contributed by atoms with Gasteiger partial charge in [-0.25, -0.2) is 20.2 Å². The summed E-state index contributed by atoms with van der Waals surface area (Å²) in [5, 5.41) is 22.6. The van der Waals surface area contributed by atoms with E-state index in [4.69, 9.17) is 22.6 Å². The first-order chi connectivity index (χ1) is 21.6. The van der Waals surface area contributed by atoms with Gasteiger partial charge in [-0.15, -0.1) is 0 Å². The molecule has 0 aromatic heterocycles. The van der Waals surface area contributed by atoms with Crippen molar-refractivity contribution in [3.8, 4) is 12.1 Å². The van der Waals surface area contributed by atoms with Crippen molar-refractivity contribution in [1.82, 2.24) is 0 Å². The fourth-order valence-corrected chi connectivity index (χ4v) is 4.95. The molecule has 0 bridgehead atoms. The summed E-state index contributed by atoms with van der Waals surface area (Å²) in [5.41, 5.74) is 4.97. The molecule has 44 heavy (non-hydrogen) atoms. The Labute approximate surface area is 254 Å². The third kappa shape index (κ3) is 5.52. The molecule has 6 nitrogen and oxygen atoms in total. The van der Waals surface area contributed by atoms with Crippen LogP contribution in [0.5, 0.6) is 0 Å². The molecule has 0 aliphatic carbocycles. The third-order valence-corrected chi connectivity index (χ3v) is 7.21. The third-order valence-electron chi connectivity index (χ3n) is 7.21. The summed E-state index contributed by atoms with van der Waals surface area (Å²) >= 11 is 0. The lowest BCUT2D eigenvalue weighted by Crippen LogP contribution is -1.94. The van der Waals surface area contributed by atoms with Gasteiger partial charge in [-0.2, -0.15) is 0 Å². The molecule has 0 saturated heterocycles. The zero-order valence-corrected chi connectivity index (χ0v) is 23.2. The molecule has 2 heterocycles. The molecule has 2 aliphatic rings. The molecule has 4 aromatic carbocycles. The maximum absolute atomic E-state index is 9.20. The normalized spacial score (nSPS) is 16.1. The minimum Gasteiger partial charge on any atom is -0.464 e. The van der Waals surface area contributed by atoms with E-state index in [0.717, 1.165) is 43.8 Å². The molecule has 0 spiro atoms. The van der Waals surface area contributed by atoms with Crippen LogP contribution in [0.15, 0.2) is 132 Å². The van der Waals surface area contributed by atoms with Crippen LogP contribution in [0, 0.1) is 35.8 Å². The van der Waals surface area contributed by atoms with E-state index in [1.807, 2.05) is 48.5 Å². The maximum Gasteiger partial charge on any atom is 0.269 e. The summed E-state index contributed by atoms with van der Waals surface area (Å²) in [6.07, 6.45) is 13.8. The Morgan fingerprint density at radius 1 is 0.591 bits per heavy atom. The number of nitrogens with zero attached hydrogens (tertiary/aromatic N) is 4. The molecular formula is C38H20N4O2. The number of allylic oxidation sites excluding steroid dienone is 8. The first-order valence-electron chi connectivity index (χ1n) is 13.5. The molecular weight excluding hydrogens is 544 g/mol. The fourth-order valence-electron chi connectivity index (χ4n) is 4.95. The highest BCUT2D eigenvalue weighted by Crippen LogP contribution is 2.30. The zero-order chi connectivity index (χ0) is 30.5. The van der Waals surface area contributed by atoms with Gasteiger partial charge in [0.2, 0.25) is 0 Å². The standard InChI is InChI=1S/C38H20N4O2/c1-41-35(23-39)31-13-15-43-37(21-31)33-11-9-27-17-25(5-7-29(27)19-33)3-4-26-6-8-30-20-34(12-10-28(30)18-26)38-22-32(14-16-44-38)36(24-40)42-2/h3-22H. The Morgan fingerprint density at radius 3 is 1.41 bits per heavy atom. The minimum absolute atomic E-state index is 0.0283. The number of nitriles is 2. The van der Waals surface area contributed by atoms with Gasteiger partial charge >= 0.3 is 0 Å². The molecule has 0 radical (unpaired) electrons. The van der Waals surface area contributed by atoms with Crippen LogP contribution >= 0.6 is 0 Å². The summed E-state index contributed by atoms with van der Waals surface area (Å²) < 4.78 is 11.3. The van der Waals surface area contributed by atoms with Crippen LogP contribution in [-0.2, 0) is 9.47 Å². The topological polar surface area (TPSA) is 74.8 Å². The molecule has 0 amide bonds. The van der Waals surface area contributed by atoms with Crippen molar-refractivity contribution in [2.45, 2.75) is 0 Å². The van der Waals surface area contributed by atoms with Crippen molar-refractivity contribution in [3.63, 3.8) is 0 Å². The van der Waals surface area contributed by atoms with Crippen LogP contribution in [-0.4, -0.2) is 0 Å². The van der Waals surface area contributed by atoms with E-state index < -0.39 is 0 Å². The van der Waals surface area contributed by atoms with Crippen molar-refractivity contribution in [3.05, 3.63) is 177 Å². The minimum atomic E-state index is 0.0283. The Morgan fingerprint density at radius 2 is 1.00 bits per heavy atom. The second kappa shape index (κ2) is 11.9. The first-order valence-corrected chi connectivity index (χ1v) is 13.5. The summed E-state index contributed by atoms with van der Waals surface area (Å²) in [7, 11) is 0. The van der Waals surface area contributed by atoms with Gasteiger partial charge in [0.1, 0.15) is 11.5 Å². The summed E-state index contributed by atoms with van der Waals surface area (Å²) in [6, 6.07) is 28.4. The fraction of sp³-hybridized carbons (Fsp3) is 0. The molecule has 0 atom stereocenters. The van der Waals surface area contributed by atoms with Crippen LogP contribution in [0.4, 0.5) is 0 Å². The Kier molecular flexibility index (Phi) is 7.41. The summed E-state index contributed by atoms with van der Waals surface area (Å²) in [5.74, 6) is 1.17. The van der Waals surface area contributed by atoms with E-state index in [1.165, 1.54) is 12.5 Å². The molecule has 0 saturated carbocycles. The number of hydrogen-bond donors (Lipinski definition) is 0. The predicted octanol–water partition coefficient (Wildman–Crippen LogP) is 9.33. The highest BCUT2D eigenvalue weighted by molar-refractivity contribution is 5.91. The van der Waals surface area contributed by atoms with Crippen LogP contribution in [0.1, 0.15) is 22.3 Å². The van der Waals surface area contributed by atoms with Crippen molar-refractivity contribution in [1.29, 1.82) is 10.5 Å². The molecule has 0 fully saturated rings. The van der Waals surface area contributed by atoms with E-state index >= 15 is 0 Å². The molecule has 204 valence electrons. The average molecular weight is 565 g/mol. The average Bonchev–Trinajstić information content (AvgIpc) is 3.08. The van der Waals surface area contributed by atoms with E-state index in [-0.39, 0.29) is 11.4 Å². The summed E-state index contributed by atoms with van der Waals surface area (Å²) in [6.45, 7) is 14.4. The molecule has 0 N–H and O–H groups in total. The Hall–Kier alpha value is -6.86. The van der Waals surface area contributed by atoms with Gasteiger partial charge in [-0.1, -0.05) is 60.7 Å². The van der Waals surface area contributed by atoms with Gasteiger partial charge in [0.25, 0.3) is 11.4 Å². The number of ether oxygens (including phenoxy) is 2. The van der Waals surface area contributed by atoms with Crippen molar-refractivity contribution in [2.24, 2.45) is 0 Å². The first kappa shape index (κ1) is 27.3.